The molecule has 3 N–H and O–H groups in total. The quantitative estimate of drug-likeness (QED) is 0.634. The van der Waals surface area contributed by atoms with Crippen LogP contribution in [0.25, 0.3) is 0 Å². The lowest BCUT2D eigenvalue weighted by atomic mass is 10.0. The number of nitrogens with one attached hydrogen (secondary N) is 3. The van der Waals surface area contributed by atoms with E-state index in [0.29, 0.717) is 5.92 Å². The molecule has 2 aliphatic rings. The van der Waals surface area contributed by atoms with E-state index in [9.17, 15) is 19.2 Å². The summed E-state index contributed by atoms with van der Waals surface area (Å²) in [7, 11) is 1.89. The Hall–Kier alpha value is -2.74. The number of fused-ring (bicyclic) bond motifs is 1. The van der Waals surface area contributed by atoms with Gasteiger partial charge in [-0.1, -0.05) is 6.92 Å². The van der Waals surface area contributed by atoms with Crippen molar-refractivity contribution in [2.75, 3.05) is 25.5 Å². The predicted molar refractivity (Wildman–Crippen MR) is 94.7 cm³/mol. The molecule has 0 radical (unpaired) electrons. The van der Waals surface area contributed by atoms with Crippen LogP contribution in [-0.4, -0.2) is 54.7 Å². The van der Waals surface area contributed by atoms with Crippen LogP contribution >= 0.6 is 0 Å². The third kappa shape index (κ3) is 3.32. The molecule has 2 unspecified atom stereocenters. The minimum absolute atomic E-state index is 0.111. The van der Waals surface area contributed by atoms with Gasteiger partial charge < -0.3 is 10.6 Å². The molecule has 0 saturated carbocycles. The van der Waals surface area contributed by atoms with Gasteiger partial charge in [0.1, 0.15) is 6.04 Å². The van der Waals surface area contributed by atoms with Crippen LogP contribution < -0.4 is 16.0 Å². The molecular formula is C18H22N4O4. The van der Waals surface area contributed by atoms with Gasteiger partial charge in [-0.2, -0.15) is 0 Å². The molecule has 4 amide bonds. The molecule has 3 rings (SSSR count). The molecule has 0 aromatic heterocycles. The molecule has 0 spiro atoms. The summed E-state index contributed by atoms with van der Waals surface area (Å²) in [5.74, 6) is -1.58. The molecule has 0 bridgehead atoms. The lowest BCUT2D eigenvalue weighted by Gasteiger charge is -2.27. The third-order valence-electron chi connectivity index (χ3n) is 4.65. The van der Waals surface area contributed by atoms with E-state index in [1.54, 1.807) is 18.2 Å². The van der Waals surface area contributed by atoms with E-state index in [2.05, 4.69) is 22.9 Å². The molecule has 1 aromatic carbocycles. The van der Waals surface area contributed by atoms with Gasteiger partial charge in [-0.05, 0) is 44.1 Å². The van der Waals surface area contributed by atoms with Gasteiger partial charge in [0.25, 0.3) is 11.8 Å². The number of imide groups is 2. The highest BCUT2D eigenvalue weighted by Gasteiger charge is 2.44. The van der Waals surface area contributed by atoms with Gasteiger partial charge in [-0.15, -0.1) is 0 Å². The Morgan fingerprint density at radius 1 is 1.15 bits per heavy atom. The number of rotatable bonds is 6. The molecule has 2 aliphatic heterocycles. The van der Waals surface area contributed by atoms with Crippen LogP contribution in [-0.2, 0) is 9.59 Å². The lowest BCUT2D eigenvalue weighted by molar-refractivity contribution is -0.136. The largest absolute Gasteiger partial charge is 0.385 e. The summed E-state index contributed by atoms with van der Waals surface area (Å²) in [6.45, 7) is 3.67. The molecule has 1 saturated heterocycles. The average molecular weight is 358 g/mol. The first-order chi connectivity index (χ1) is 12.4. The maximum Gasteiger partial charge on any atom is 0.262 e. The highest BCUT2D eigenvalue weighted by Crippen LogP contribution is 2.29. The van der Waals surface area contributed by atoms with E-state index >= 15 is 0 Å². The van der Waals surface area contributed by atoms with E-state index < -0.39 is 23.8 Å². The van der Waals surface area contributed by atoms with Gasteiger partial charge >= 0.3 is 0 Å². The smallest absolute Gasteiger partial charge is 0.262 e. The molecule has 8 nitrogen and oxygen atoms in total. The summed E-state index contributed by atoms with van der Waals surface area (Å²) in [6.07, 6.45) is 0.267. The first kappa shape index (κ1) is 18.1. The highest BCUT2D eigenvalue weighted by atomic mass is 16.2. The number of piperidine rings is 1. The number of anilines is 1. The number of amides is 4. The Labute approximate surface area is 151 Å². The van der Waals surface area contributed by atoms with Crippen LogP contribution in [0.3, 0.4) is 0 Å². The van der Waals surface area contributed by atoms with Crippen molar-refractivity contribution in [1.82, 2.24) is 15.5 Å². The minimum Gasteiger partial charge on any atom is -0.385 e. The molecule has 2 heterocycles. The molecule has 138 valence electrons. The second-order valence-corrected chi connectivity index (χ2v) is 6.75. The van der Waals surface area contributed by atoms with Crippen LogP contribution in [0.4, 0.5) is 5.69 Å². The Balaban J connectivity index is 1.77. The van der Waals surface area contributed by atoms with E-state index in [4.69, 9.17) is 0 Å². The van der Waals surface area contributed by atoms with Gasteiger partial charge in [0.2, 0.25) is 11.8 Å². The maximum atomic E-state index is 12.7. The number of carbonyl (C=O) groups is 4. The zero-order valence-corrected chi connectivity index (χ0v) is 14.8. The van der Waals surface area contributed by atoms with Crippen LogP contribution in [0.5, 0.6) is 0 Å². The predicted octanol–water partition coefficient (Wildman–Crippen LogP) is 0.355. The maximum absolute atomic E-state index is 12.7. The van der Waals surface area contributed by atoms with Crippen LogP contribution in [0.2, 0.25) is 0 Å². The SMILES string of the molecule is CNCC(C)CNc1ccc2c(c1)C(=O)N(C1CCC(=O)NC1=O)C2=O. The fourth-order valence-corrected chi connectivity index (χ4v) is 3.29. The van der Waals surface area contributed by atoms with Crippen molar-refractivity contribution in [3.8, 4) is 0 Å². The van der Waals surface area contributed by atoms with Crippen LogP contribution in [0.15, 0.2) is 18.2 Å². The second-order valence-electron chi connectivity index (χ2n) is 6.75. The van der Waals surface area contributed by atoms with Crippen molar-refractivity contribution in [3.05, 3.63) is 29.3 Å². The minimum atomic E-state index is -0.938. The third-order valence-corrected chi connectivity index (χ3v) is 4.65. The van der Waals surface area contributed by atoms with Crippen LogP contribution in [0.1, 0.15) is 40.5 Å². The monoisotopic (exact) mass is 358 g/mol. The van der Waals surface area contributed by atoms with E-state index in [0.717, 1.165) is 23.7 Å². The van der Waals surface area contributed by atoms with Crippen molar-refractivity contribution in [1.29, 1.82) is 0 Å². The van der Waals surface area contributed by atoms with Crippen molar-refractivity contribution < 1.29 is 19.2 Å². The fraction of sp³-hybridized carbons (Fsp3) is 0.444. The number of benzene rings is 1. The summed E-state index contributed by atoms with van der Waals surface area (Å²) in [6, 6.07) is 4.07. The normalized spacial score (nSPS) is 20.8. The lowest BCUT2D eigenvalue weighted by Crippen LogP contribution is -2.54. The van der Waals surface area contributed by atoms with Crippen molar-refractivity contribution in [2.24, 2.45) is 5.92 Å². The number of carbonyl (C=O) groups excluding carboxylic acids is 4. The van der Waals surface area contributed by atoms with E-state index in [1.807, 2.05) is 7.05 Å². The van der Waals surface area contributed by atoms with Crippen molar-refractivity contribution in [3.63, 3.8) is 0 Å². The zero-order chi connectivity index (χ0) is 18.8. The fourth-order valence-electron chi connectivity index (χ4n) is 3.29. The molecule has 1 aromatic rings. The topological polar surface area (TPSA) is 108 Å². The Bertz CT molecular complexity index is 776. The molecule has 2 atom stereocenters. The van der Waals surface area contributed by atoms with E-state index in [1.165, 1.54) is 0 Å². The van der Waals surface area contributed by atoms with Crippen molar-refractivity contribution in [2.45, 2.75) is 25.8 Å². The molecule has 1 fully saturated rings. The molecule has 26 heavy (non-hydrogen) atoms. The Kier molecular flexibility index (Phi) is 5.03. The molecule has 0 aliphatic carbocycles. The number of nitrogens with zero attached hydrogens (tertiary/aromatic N) is 1. The first-order valence-electron chi connectivity index (χ1n) is 8.66. The van der Waals surface area contributed by atoms with Gasteiger partial charge in [0.15, 0.2) is 0 Å². The summed E-state index contributed by atoms with van der Waals surface area (Å²) in [5.41, 5.74) is 1.32. The average Bonchev–Trinajstić information content (AvgIpc) is 2.85. The van der Waals surface area contributed by atoms with Crippen molar-refractivity contribution >= 4 is 29.3 Å². The summed E-state index contributed by atoms with van der Waals surface area (Å²) < 4.78 is 0. The first-order valence-corrected chi connectivity index (χ1v) is 8.66. The molecular weight excluding hydrogens is 336 g/mol. The Morgan fingerprint density at radius 3 is 2.58 bits per heavy atom. The Morgan fingerprint density at radius 2 is 1.88 bits per heavy atom. The molecule has 8 heteroatoms. The number of hydrogen-bond acceptors (Lipinski definition) is 6. The summed E-state index contributed by atoms with van der Waals surface area (Å²) in [4.78, 5) is 49.7. The van der Waals surface area contributed by atoms with E-state index in [-0.39, 0.29) is 29.9 Å². The van der Waals surface area contributed by atoms with Gasteiger partial charge in [-0.3, -0.25) is 29.4 Å². The van der Waals surface area contributed by atoms with Crippen LogP contribution in [0, 0.1) is 5.92 Å². The van der Waals surface area contributed by atoms with Gasteiger partial charge in [0.05, 0.1) is 11.1 Å². The standard InChI is InChI=1S/C18H22N4O4/c1-10(8-19-2)9-20-11-3-4-12-13(7-11)18(26)22(17(12)25)14-5-6-15(23)21-16(14)24/h3-4,7,10,14,19-20H,5-6,8-9H2,1-2H3,(H,21,23,24). The zero-order valence-electron chi connectivity index (χ0n) is 14.8. The highest BCUT2D eigenvalue weighted by molar-refractivity contribution is 6.23. The number of hydrogen-bond donors (Lipinski definition) is 3. The van der Waals surface area contributed by atoms with Gasteiger partial charge in [0, 0.05) is 18.7 Å². The van der Waals surface area contributed by atoms with Gasteiger partial charge in [-0.25, -0.2) is 0 Å². The summed E-state index contributed by atoms with van der Waals surface area (Å²) >= 11 is 0. The summed E-state index contributed by atoms with van der Waals surface area (Å²) in [5, 5.41) is 8.55. The second kappa shape index (κ2) is 7.25.